The molecule has 4 unspecified atom stereocenters. The second-order valence-electron chi connectivity index (χ2n) is 15.7. The number of hydrogen-bond acceptors (Lipinski definition) is 4. The summed E-state index contributed by atoms with van der Waals surface area (Å²) in [4.78, 5) is 9.36. The molecular formula is C41H43N6Pt-3. The van der Waals surface area contributed by atoms with E-state index >= 15 is 0 Å². The monoisotopic (exact) mass is 814 g/mol. The van der Waals surface area contributed by atoms with E-state index in [1.54, 1.807) is 0 Å². The summed E-state index contributed by atoms with van der Waals surface area (Å²) >= 11 is 0. The summed E-state index contributed by atoms with van der Waals surface area (Å²) in [5.74, 6) is 1.10. The van der Waals surface area contributed by atoms with Crippen molar-refractivity contribution in [3.05, 3.63) is 103 Å². The van der Waals surface area contributed by atoms with Crippen LogP contribution in [0.3, 0.4) is 0 Å². The summed E-state index contributed by atoms with van der Waals surface area (Å²) in [6.45, 7) is 14.3. The first-order valence-corrected chi connectivity index (χ1v) is 16.8. The summed E-state index contributed by atoms with van der Waals surface area (Å²) in [6, 6.07) is 20.9. The number of aromatic nitrogens is 6. The molecule has 4 aliphatic carbocycles. The smallest absolute Gasteiger partial charge is 0.0575 e. The van der Waals surface area contributed by atoms with Gasteiger partial charge in [-0.15, -0.1) is 0 Å². The van der Waals surface area contributed by atoms with Crippen LogP contribution in [0.15, 0.2) is 73.1 Å². The zero-order chi connectivity index (χ0) is 31.6. The van der Waals surface area contributed by atoms with Crippen molar-refractivity contribution in [1.29, 1.82) is 0 Å². The van der Waals surface area contributed by atoms with E-state index in [-0.39, 0.29) is 50.2 Å². The summed E-state index contributed by atoms with van der Waals surface area (Å²) in [7, 11) is 0. The average Bonchev–Trinajstić information content (AvgIpc) is 3.85. The van der Waals surface area contributed by atoms with Gasteiger partial charge in [-0.2, -0.15) is 0 Å². The molecule has 250 valence electrons. The molecule has 7 heteroatoms. The van der Waals surface area contributed by atoms with Crippen molar-refractivity contribution in [3.63, 3.8) is 0 Å². The van der Waals surface area contributed by atoms with Crippen LogP contribution in [-0.4, -0.2) is 20.2 Å². The zero-order valence-corrected chi connectivity index (χ0v) is 31.2. The first-order chi connectivity index (χ1) is 22.1. The van der Waals surface area contributed by atoms with Crippen LogP contribution in [0.2, 0.25) is 0 Å². The number of benzene rings is 2. The number of fused-ring (bicyclic) bond motifs is 12. The Hall–Kier alpha value is -3.63. The molecule has 4 aromatic heterocycles. The fraction of sp³-hybridized carbons (Fsp3) is 0.390. The fourth-order valence-corrected chi connectivity index (χ4v) is 9.94. The molecule has 0 aliphatic heterocycles. The van der Waals surface area contributed by atoms with Gasteiger partial charge < -0.3 is 27.8 Å². The molecule has 6 nitrogen and oxygen atoms in total. The Morgan fingerprint density at radius 3 is 1.40 bits per heavy atom. The van der Waals surface area contributed by atoms with Gasteiger partial charge in [-0.05, 0) is 82.4 Å². The molecule has 0 saturated heterocycles. The van der Waals surface area contributed by atoms with E-state index in [1.807, 2.05) is 12.4 Å². The van der Waals surface area contributed by atoms with Gasteiger partial charge in [-0.3, -0.25) is 9.97 Å². The first-order valence-electron chi connectivity index (χ1n) is 16.8. The predicted molar refractivity (Wildman–Crippen MR) is 189 cm³/mol. The van der Waals surface area contributed by atoms with Crippen molar-refractivity contribution in [3.8, 4) is 22.8 Å². The second-order valence-corrected chi connectivity index (χ2v) is 15.7. The van der Waals surface area contributed by atoms with E-state index in [1.165, 1.54) is 69.7 Å². The Balaban J connectivity index is 0.000000146. The molecule has 0 spiro atoms. The predicted octanol–water partition coefficient (Wildman–Crippen LogP) is 9.31. The van der Waals surface area contributed by atoms with Crippen LogP contribution in [0, 0.1) is 18.3 Å². The fourth-order valence-electron chi connectivity index (χ4n) is 9.94. The summed E-state index contributed by atoms with van der Waals surface area (Å²) < 4.78 is 0. The summed E-state index contributed by atoms with van der Waals surface area (Å²) in [5.41, 5.74) is 10.0. The largest absolute Gasteiger partial charge is 0.573 e. The molecule has 4 bridgehead atoms. The van der Waals surface area contributed by atoms with Crippen molar-refractivity contribution in [1.82, 2.24) is 30.4 Å². The van der Waals surface area contributed by atoms with Crippen LogP contribution in [0.5, 0.6) is 0 Å². The maximum Gasteiger partial charge on any atom is 0.0575 e. The normalized spacial score (nSPS) is 26.4. The van der Waals surface area contributed by atoms with E-state index in [2.05, 4.69) is 133 Å². The van der Waals surface area contributed by atoms with Crippen molar-refractivity contribution in [2.45, 2.75) is 89.9 Å². The molecule has 4 aliphatic rings. The minimum Gasteiger partial charge on any atom is -0.573 e. The molecule has 2 saturated carbocycles. The van der Waals surface area contributed by atoms with Gasteiger partial charge in [-0.25, -0.2) is 0 Å². The van der Waals surface area contributed by atoms with E-state index < -0.39 is 0 Å². The van der Waals surface area contributed by atoms with Gasteiger partial charge in [0.2, 0.25) is 0 Å². The molecule has 0 radical (unpaired) electrons. The molecule has 48 heavy (non-hydrogen) atoms. The van der Waals surface area contributed by atoms with Crippen LogP contribution in [-0.2, 0) is 31.9 Å². The summed E-state index contributed by atoms with van der Waals surface area (Å²) in [6.07, 6.45) is 8.69. The van der Waals surface area contributed by atoms with Crippen LogP contribution in [0.25, 0.3) is 44.3 Å². The molecule has 10 rings (SSSR count). The first kappa shape index (κ1) is 32.9. The van der Waals surface area contributed by atoms with Crippen molar-refractivity contribution in [2.24, 2.45) is 10.8 Å². The number of rotatable bonds is 2. The maximum atomic E-state index is 4.68. The van der Waals surface area contributed by atoms with Crippen LogP contribution < -0.4 is 10.2 Å². The van der Waals surface area contributed by atoms with Gasteiger partial charge in [0, 0.05) is 66.4 Å². The molecule has 2 aromatic carbocycles. The van der Waals surface area contributed by atoms with Gasteiger partial charge in [0.25, 0.3) is 0 Å². The topological polar surface area (TPSA) is 79.8 Å². The SMILES string of the molecule is CC12CCC(c3c1n[n-]c3-c1nccc3ccccc13)C2(C)C.CC12CCC(c3c1n[n-]c3-c1nccc3ccccc13)C2(C)C.[CH3-].[Pt]. The van der Waals surface area contributed by atoms with E-state index in [4.69, 9.17) is 0 Å². The van der Waals surface area contributed by atoms with Crippen LogP contribution in [0.1, 0.15) is 102 Å². The van der Waals surface area contributed by atoms with Gasteiger partial charge in [-0.1, -0.05) is 101 Å². The standard InChI is InChI=1S/2C20H20N3.CH3.Pt/c2*1-19(2)14-8-10-20(19,3)18-15(14)17(22-23-18)16-13-7-5-4-6-12(13)9-11-21-16;;/h2*4-7,9,11,14H,8,10H2,1-3H3;1H3;/q3*-1;. The van der Waals surface area contributed by atoms with Gasteiger partial charge in [0.1, 0.15) is 0 Å². The van der Waals surface area contributed by atoms with E-state index in [9.17, 15) is 0 Å². The Kier molecular flexibility index (Phi) is 7.49. The quantitative estimate of drug-likeness (QED) is 0.162. The van der Waals surface area contributed by atoms with E-state index in [0.29, 0.717) is 11.8 Å². The third kappa shape index (κ3) is 4.02. The number of nitrogens with zero attached hydrogens (tertiary/aromatic N) is 6. The molecule has 4 heterocycles. The number of hydrogen-bond donors (Lipinski definition) is 0. The third-order valence-corrected chi connectivity index (χ3v) is 13.5. The van der Waals surface area contributed by atoms with Gasteiger partial charge >= 0.3 is 0 Å². The van der Waals surface area contributed by atoms with Gasteiger partial charge in [0.05, 0.1) is 11.4 Å². The molecule has 4 atom stereocenters. The number of pyridine rings is 2. The van der Waals surface area contributed by atoms with Crippen molar-refractivity contribution >= 4 is 21.5 Å². The van der Waals surface area contributed by atoms with Crippen LogP contribution in [0.4, 0.5) is 0 Å². The molecule has 6 aromatic rings. The average molecular weight is 815 g/mol. The summed E-state index contributed by atoms with van der Waals surface area (Å²) in [5, 5.41) is 23.2. The van der Waals surface area contributed by atoms with Crippen LogP contribution >= 0.6 is 0 Å². The maximum absolute atomic E-state index is 4.68. The Labute approximate surface area is 298 Å². The Morgan fingerprint density at radius 2 is 0.979 bits per heavy atom. The Morgan fingerprint density at radius 1 is 0.583 bits per heavy atom. The molecule has 0 amide bonds. The molecule has 0 N–H and O–H groups in total. The molecular weight excluding hydrogens is 772 g/mol. The van der Waals surface area contributed by atoms with Crippen molar-refractivity contribution in [2.75, 3.05) is 0 Å². The van der Waals surface area contributed by atoms with Gasteiger partial charge in [0.15, 0.2) is 0 Å². The zero-order valence-electron chi connectivity index (χ0n) is 28.9. The third-order valence-electron chi connectivity index (χ3n) is 13.5. The molecule has 2 fully saturated rings. The minimum absolute atomic E-state index is 0. The minimum atomic E-state index is 0. The van der Waals surface area contributed by atoms with E-state index in [0.717, 1.165) is 22.8 Å². The Bertz CT molecular complexity index is 2030. The van der Waals surface area contributed by atoms with Crippen molar-refractivity contribution < 1.29 is 21.1 Å². The second kappa shape index (κ2) is 10.9.